The van der Waals surface area contributed by atoms with E-state index in [0.717, 1.165) is 57.0 Å². The van der Waals surface area contributed by atoms with Crippen LogP contribution in [0.25, 0.3) is 0 Å². The second-order valence-electron chi connectivity index (χ2n) is 7.74. The summed E-state index contributed by atoms with van der Waals surface area (Å²) in [4.78, 5) is 29.0. The predicted octanol–water partition coefficient (Wildman–Crippen LogP) is 1.31. The molecule has 3 rings (SSSR count). The highest BCUT2D eigenvalue weighted by molar-refractivity contribution is 5.83. The van der Waals surface area contributed by atoms with Gasteiger partial charge >= 0.3 is 0 Å². The molecule has 160 valence electrons. The van der Waals surface area contributed by atoms with Crippen molar-refractivity contribution in [1.29, 1.82) is 0 Å². The molecule has 2 fully saturated rings. The van der Waals surface area contributed by atoms with Gasteiger partial charge in [0.1, 0.15) is 5.75 Å². The van der Waals surface area contributed by atoms with E-state index in [4.69, 9.17) is 9.47 Å². The first-order valence-electron chi connectivity index (χ1n) is 10.6. The van der Waals surface area contributed by atoms with Crippen molar-refractivity contribution >= 4 is 11.8 Å². The van der Waals surface area contributed by atoms with E-state index in [0.29, 0.717) is 32.5 Å². The number of nitrogens with zero attached hydrogens (tertiary/aromatic N) is 2. The number of aryl methyl sites for hydroxylation is 1. The van der Waals surface area contributed by atoms with E-state index in [1.165, 1.54) is 0 Å². The van der Waals surface area contributed by atoms with Gasteiger partial charge in [-0.1, -0.05) is 18.2 Å². The number of rotatable bonds is 9. The molecule has 1 N–H and O–H groups in total. The molecule has 2 amide bonds. The number of hydrogen-bond acceptors (Lipinski definition) is 5. The summed E-state index contributed by atoms with van der Waals surface area (Å²) in [6, 6.07) is 7.97. The molecule has 0 spiro atoms. The van der Waals surface area contributed by atoms with E-state index in [-0.39, 0.29) is 17.7 Å². The van der Waals surface area contributed by atoms with Crippen LogP contribution in [0.2, 0.25) is 0 Å². The lowest BCUT2D eigenvalue weighted by Crippen LogP contribution is -2.49. The van der Waals surface area contributed by atoms with Gasteiger partial charge in [0.2, 0.25) is 11.8 Å². The van der Waals surface area contributed by atoms with E-state index < -0.39 is 0 Å². The fraction of sp³-hybridized carbons (Fsp3) is 0.636. The third kappa shape index (κ3) is 6.44. The lowest BCUT2D eigenvalue weighted by atomic mass is 9.96. The molecule has 2 heterocycles. The van der Waals surface area contributed by atoms with Crippen molar-refractivity contribution in [3.63, 3.8) is 0 Å². The number of nitrogens with one attached hydrogen (secondary N) is 1. The normalized spacial score (nSPS) is 20.5. The van der Waals surface area contributed by atoms with Crippen molar-refractivity contribution in [2.45, 2.75) is 25.7 Å². The first kappa shape index (κ1) is 21.6. The highest BCUT2D eigenvalue weighted by Gasteiger charge is 2.30. The van der Waals surface area contributed by atoms with Gasteiger partial charge in [-0.15, -0.1) is 0 Å². The smallest absolute Gasteiger partial charge is 0.224 e. The molecule has 0 aromatic heterocycles. The van der Waals surface area contributed by atoms with Gasteiger partial charge in [-0.25, -0.2) is 0 Å². The predicted molar refractivity (Wildman–Crippen MR) is 111 cm³/mol. The Hall–Kier alpha value is -2.12. The van der Waals surface area contributed by atoms with Crippen LogP contribution in [0.5, 0.6) is 5.75 Å². The number of amides is 2. The van der Waals surface area contributed by atoms with Gasteiger partial charge in [-0.05, 0) is 30.9 Å². The number of hydrogen-bond donors (Lipinski definition) is 1. The second kappa shape index (κ2) is 11.2. The molecule has 29 heavy (non-hydrogen) atoms. The summed E-state index contributed by atoms with van der Waals surface area (Å²) in [5.41, 5.74) is 1.15. The number of para-hydroxylation sites is 1. The van der Waals surface area contributed by atoms with Crippen LogP contribution in [-0.4, -0.2) is 81.2 Å². The zero-order valence-corrected chi connectivity index (χ0v) is 17.4. The van der Waals surface area contributed by atoms with Crippen LogP contribution in [0, 0.1) is 5.92 Å². The van der Waals surface area contributed by atoms with Crippen molar-refractivity contribution in [2.75, 3.05) is 59.6 Å². The summed E-state index contributed by atoms with van der Waals surface area (Å²) in [6.45, 7) is 6.05. The molecule has 7 heteroatoms. The highest BCUT2D eigenvalue weighted by Crippen LogP contribution is 2.19. The van der Waals surface area contributed by atoms with Crippen LogP contribution in [0.15, 0.2) is 24.3 Å². The van der Waals surface area contributed by atoms with E-state index in [1.54, 1.807) is 7.11 Å². The minimum absolute atomic E-state index is 0.0638. The molecule has 0 aliphatic carbocycles. The standard InChI is InChI=1S/C22H33N3O4/c1-28-20-7-3-2-5-18(20)6-4-10-23-22(27)19-8-9-21(26)25(17-19)12-11-24-13-15-29-16-14-24/h2-3,5,7,19H,4,6,8-17H2,1H3,(H,23,27)/t19-/m1/s1. The number of morpholine rings is 1. The first-order valence-corrected chi connectivity index (χ1v) is 10.6. The SMILES string of the molecule is COc1ccccc1CCCNC(=O)[C@@H]1CCC(=O)N(CCN2CCOCC2)C1. The number of piperidine rings is 1. The topological polar surface area (TPSA) is 71.1 Å². The summed E-state index contributed by atoms with van der Waals surface area (Å²) in [5, 5.41) is 3.06. The molecule has 0 unspecified atom stereocenters. The van der Waals surface area contributed by atoms with Gasteiger partial charge in [-0.3, -0.25) is 14.5 Å². The Morgan fingerprint density at radius 3 is 2.83 bits per heavy atom. The van der Waals surface area contributed by atoms with Crippen molar-refractivity contribution < 1.29 is 19.1 Å². The van der Waals surface area contributed by atoms with Crippen molar-refractivity contribution in [3.8, 4) is 5.75 Å². The fourth-order valence-corrected chi connectivity index (χ4v) is 3.98. The second-order valence-corrected chi connectivity index (χ2v) is 7.74. The Morgan fingerprint density at radius 2 is 2.03 bits per heavy atom. The van der Waals surface area contributed by atoms with E-state index >= 15 is 0 Å². The maximum Gasteiger partial charge on any atom is 0.224 e. The van der Waals surface area contributed by atoms with Crippen LogP contribution in [-0.2, 0) is 20.7 Å². The molecule has 0 bridgehead atoms. The molecule has 2 aliphatic heterocycles. The number of ether oxygens (including phenoxy) is 2. The van der Waals surface area contributed by atoms with Crippen LogP contribution < -0.4 is 10.1 Å². The van der Waals surface area contributed by atoms with Crippen LogP contribution in [0.4, 0.5) is 0 Å². The Kier molecular flexibility index (Phi) is 8.31. The summed E-state index contributed by atoms with van der Waals surface area (Å²) < 4.78 is 10.7. The van der Waals surface area contributed by atoms with Gasteiger partial charge in [0, 0.05) is 45.7 Å². The Bertz CT molecular complexity index is 676. The van der Waals surface area contributed by atoms with Gasteiger partial charge in [0.05, 0.1) is 26.2 Å². The lowest BCUT2D eigenvalue weighted by molar-refractivity contribution is -0.138. The monoisotopic (exact) mass is 403 g/mol. The van der Waals surface area contributed by atoms with Gasteiger partial charge in [0.15, 0.2) is 0 Å². The molecule has 0 radical (unpaired) electrons. The Labute approximate surface area is 173 Å². The molecule has 0 saturated carbocycles. The van der Waals surface area contributed by atoms with E-state index in [9.17, 15) is 9.59 Å². The molecule has 2 saturated heterocycles. The summed E-state index contributed by atoms with van der Waals surface area (Å²) in [7, 11) is 1.68. The molecule has 1 aromatic carbocycles. The average Bonchev–Trinajstić information content (AvgIpc) is 2.77. The minimum atomic E-state index is -0.108. The maximum absolute atomic E-state index is 12.6. The first-order chi connectivity index (χ1) is 14.2. The average molecular weight is 404 g/mol. The quantitative estimate of drug-likeness (QED) is 0.630. The van der Waals surface area contributed by atoms with Crippen LogP contribution in [0.3, 0.4) is 0 Å². The van der Waals surface area contributed by atoms with Crippen molar-refractivity contribution in [3.05, 3.63) is 29.8 Å². The molecule has 1 atom stereocenters. The van der Waals surface area contributed by atoms with Crippen LogP contribution >= 0.6 is 0 Å². The molecular weight excluding hydrogens is 370 g/mol. The van der Waals surface area contributed by atoms with Gasteiger partial charge in [-0.2, -0.15) is 0 Å². The number of carbonyl (C=O) groups is 2. The zero-order valence-electron chi connectivity index (χ0n) is 17.4. The highest BCUT2D eigenvalue weighted by atomic mass is 16.5. The largest absolute Gasteiger partial charge is 0.496 e. The van der Waals surface area contributed by atoms with Crippen LogP contribution in [0.1, 0.15) is 24.8 Å². The molecule has 2 aliphatic rings. The molecular formula is C22H33N3O4. The number of methoxy groups -OCH3 is 1. The third-order valence-electron chi connectivity index (χ3n) is 5.78. The summed E-state index contributed by atoms with van der Waals surface area (Å²) in [5.74, 6) is 1.01. The molecule has 7 nitrogen and oxygen atoms in total. The van der Waals surface area contributed by atoms with Crippen molar-refractivity contribution in [2.24, 2.45) is 5.92 Å². The fourth-order valence-electron chi connectivity index (χ4n) is 3.98. The van der Waals surface area contributed by atoms with Crippen molar-refractivity contribution in [1.82, 2.24) is 15.1 Å². The van der Waals surface area contributed by atoms with E-state index in [2.05, 4.69) is 16.3 Å². The Balaban J connectivity index is 1.38. The summed E-state index contributed by atoms with van der Waals surface area (Å²) in [6.07, 6.45) is 2.82. The number of benzene rings is 1. The summed E-state index contributed by atoms with van der Waals surface area (Å²) >= 11 is 0. The maximum atomic E-state index is 12.6. The van der Waals surface area contributed by atoms with Gasteiger partial charge in [0.25, 0.3) is 0 Å². The number of carbonyl (C=O) groups excluding carboxylic acids is 2. The van der Waals surface area contributed by atoms with Gasteiger partial charge < -0.3 is 19.7 Å². The van der Waals surface area contributed by atoms with E-state index in [1.807, 2.05) is 23.1 Å². The Morgan fingerprint density at radius 1 is 1.24 bits per heavy atom. The third-order valence-corrected chi connectivity index (χ3v) is 5.78. The zero-order chi connectivity index (χ0) is 20.5. The minimum Gasteiger partial charge on any atom is -0.496 e. The lowest BCUT2D eigenvalue weighted by Gasteiger charge is -2.34. The number of likely N-dealkylation sites (tertiary alicyclic amines) is 1. The molecule has 1 aromatic rings.